The maximum atomic E-state index is 5.85. The van der Waals surface area contributed by atoms with Crippen LogP contribution in [-0.4, -0.2) is 35.7 Å². The highest BCUT2D eigenvalue weighted by atomic mass is 16.5. The van der Waals surface area contributed by atoms with Crippen molar-refractivity contribution in [1.82, 2.24) is 9.88 Å². The molecule has 1 saturated heterocycles. The molecule has 0 amide bonds. The van der Waals surface area contributed by atoms with Gasteiger partial charge in [-0.3, -0.25) is 4.90 Å². The molecule has 1 atom stereocenters. The molecule has 2 aromatic rings. The standard InChI is InChI=1S/C19H26N2O3/c1-14-18(20-19(24-14)16-7-9-22-13-16)12-21(10-15-4-2-5-15)11-17-6-3-8-23-17/h7,9,13,15,17H,2-6,8,10-12H2,1H3. The molecule has 130 valence electrons. The Bertz CT molecular complexity index is 640. The van der Waals surface area contributed by atoms with E-state index in [1.165, 1.54) is 32.1 Å². The van der Waals surface area contributed by atoms with E-state index in [9.17, 15) is 0 Å². The van der Waals surface area contributed by atoms with Crippen LogP contribution in [0.4, 0.5) is 0 Å². The van der Waals surface area contributed by atoms with E-state index in [2.05, 4.69) is 4.90 Å². The highest BCUT2D eigenvalue weighted by molar-refractivity contribution is 5.51. The predicted octanol–water partition coefficient (Wildman–Crippen LogP) is 4.02. The quantitative estimate of drug-likeness (QED) is 0.767. The Hall–Kier alpha value is -1.59. The van der Waals surface area contributed by atoms with E-state index >= 15 is 0 Å². The van der Waals surface area contributed by atoms with E-state index in [0.717, 1.165) is 49.2 Å². The summed E-state index contributed by atoms with van der Waals surface area (Å²) in [6.45, 7) is 5.90. The molecule has 2 fully saturated rings. The molecule has 5 heteroatoms. The lowest BCUT2D eigenvalue weighted by Crippen LogP contribution is -2.37. The fourth-order valence-corrected chi connectivity index (χ4v) is 3.62. The van der Waals surface area contributed by atoms with Crippen molar-refractivity contribution < 1.29 is 13.6 Å². The maximum absolute atomic E-state index is 5.85. The van der Waals surface area contributed by atoms with Gasteiger partial charge in [-0.1, -0.05) is 6.42 Å². The lowest BCUT2D eigenvalue weighted by Gasteiger charge is -2.33. The van der Waals surface area contributed by atoms with E-state index in [0.29, 0.717) is 12.0 Å². The lowest BCUT2D eigenvalue weighted by atomic mass is 9.85. The molecule has 0 aromatic carbocycles. The first-order valence-corrected chi connectivity index (χ1v) is 9.11. The van der Waals surface area contributed by atoms with Crippen LogP contribution in [0.25, 0.3) is 11.5 Å². The van der Waals surface area contributed by atoms with Crippen molar-refractivity contribution >= 4 is 0 Å². The Labute approximate surface area is 143 Å². The van der Waals surface area contributed by atoms with Gasteiger partial charge in [0.05, 0.1) is 23.6 Å². The molecular weight excluding hydrogens is 304 g/mol. The summed E-state index contributed by atoms with van der Waals surface area (Å²) in [5.41, 5.74) is 1.93. The van der Waals surface area contributed by atoms with Crippen LogP contribution in [-0.2, 0) is 11.3 Å². The lowest BCUT2D eigenvalue weighted by molar-refractivity contribution is 0.0574. The number of ether oxygens (including phenoxy) is 1. The fraction of sp³-hybridized carbons (Fsp3) is 0.632. The van der Waals surface area contributed by atoms with Crippen LogP contribution >= 0.6 is 0 Å². The first-order valence-electron chi connectivity index (χ1n) is 9.11. The van der Waals surface area contributed by atoms with E-state index in [1.54, 1.807) is 12.5 Å². The van der Waals surface area contributed by atoms with E-state index < -0.39 is 0 Å². The van der Waals surface area contributed by atoms with Gasteiger partial charge in [0.15, 0.2) is 0 Å². The molecule has 1 unspecified atom stereocenters. The van der Waals surface area contributed by atoms with Crippen molar-refractivity contribution in [1.29, 1.82) is 0 Å². The number of furan rings is 1. The number of rotatable bonds is 7. The first-order chi connectivity index (χ1) is 11.8. The second-order valence-corrected chi connectivity index (χ2v) is 7.16. The average Bonchev–Trinajstić information content (AvgIpc) is 3.25. The maximum Gasteiger partial charge on any atom is 0.229 e. The monoisotopic (exact) mass is 330 g/mol. The van der Waals surface area contributed by atoms with Crippen molar-refractivity contribution in [3.63, 3.8) is 0 Å². The van der Waals surface area contributed by atoms with Crippen LogP contribution in [0.3, 0.4) is 0 Å². The molecule has 3 heterocycles. The molecule has 0 bridgehead atoms. The molecule has 2 aromatic heterocycles. The van der Waals surface area contributed by atoms with Gasteiger partial charge in [-0.2, -0.15) is 0 Å². The number of aryl methyl sites for hydroxylation is 1. The Morgan fingerprint density at radius 3 is 2.79 bits per heavy atom. The predicted molar refractivity (Wildman–Crippen MR) is 90.5 cm³/mol. The summed E-state index contributed by atoms with van der Waals surface area (Å²) in [6.07, 6.45) is 10.2. The number of nitrogens with zero attached hydrogens (tertiary/aromatic N) is 2. The largest absolute Gasteiger partial charge is 0.472 e. The molecular formula is C19H26N2O3. The summed E-state index contributed by atoms with van der Waals surface area (Å²) >= 11 is 0. The van der Waals surface area contributed by atoms with Crippen LogP contribution < -0.4 is 0 Å². The van der Waals surface area contributed by atoms with Crippen LogP contribution in [0.2, 0.25) is 0 Å². The fourth-order valence-electron chi connectivity index (χ4n) is 3.62. The van der Waals surface area contributed by atoms with Gasteiger partial charge in [0.2, 0.25) is 5.89 Å². The summed E-state index contributed by atoms with van der Waals surface area (Å²) < 4.78 is 16.8. The molecule has 24 heavy (non-hydrogen) atoms. The summed E-state index contributed by atoms with van der Waals surface area (Å²) in [6, 6.07) is 1.88. The topological polar surface area (TPSA) is 51.6 Å². The molecule has 1 saturated carbocycles. The van der Waals surface area contributed by atoms with Gasteiger partial charge in [-0.05, 0) is 44.6 Å². The number of oxazole rings is 1. The molecule has 2 aliphatic rings. The number of hydrogen-bond donors (Lipinski definition) is 0. The van der Waals surface area contributed by atoms with Gasteiger partial charge in [0.25, 0.3) is 0 Å². The smallest absolute Gasteiger partial charge is 0.229 e. The number of hydrogen-bond acceptors (Lipinski definition) is 5. The van der Waals surface area contributed by atoms with E-state index in [-0.39, 0.29) is 0 Å². The van der Waals surface area contributed by atoms with Gasteiger partial charge < -0.3 is 13.6 Å². The molecule has 0 radical (unpaired) electrons. The van der Waals surface area contributed by atoms with Gasteiger partial charge in [-0.25, -0.2) is 4.98 Å². The van der Waals surface area contributed by atoms with Crippen molar-refractivity contribution in [3.05, 3.63) is 30.0 Å². The Morgan fingerprint density at radius 1 is 1.21 bits per heavy atom. The highest BCUT2D eigenvalue weighted by Gasteiger charge is 2.26. The van der Waals surface area contributed by atoms with Crippen LogP contribution in [0.1, 0.15) is 43.6 Å². The molecule has 4 rings (SSSR count). The Balaban J connectivity index is 1.46. The second-order valence-electron chi connectivity index (χ2n) is 7.16. The second kappa shape index (κ2) is 7.11. The van der Waals surface area contributed by atoms with Gasteiger partial charge in [-0.15, -0.1) is 0 Å². The SMILES string of the molecule is Cc1oc(-c2ccoc2)nc1CN(CC1CCC1)CC1CCCO1. The van der Waals surface area contributed by atoms with E-state index in [1.807, 2.05) is 13.0 Å². The van der Waals surface area contributed by atoms with Crippen LogP contribution in [0.15, 0.2) is 27.4 Å². The molecule has 0 spiro atoms. The third-order valence-electron chi connectivity index (χ3n) is 5.26. The van der Waals surface area contributed by atoms with Crippen molar-refractivity contribution in [2.24, 2.45) is 5.92 Å². The first kappa shape index (κ1) is 15.9. The zero-order valence-electron chi connectivity index (χ0n) is 14.4. The summed E-state index contributed by atoms with van der Waals surface area (Å²) in [4.78, 5) is 7.23. The minimum Gasteiger partial charge on any atom is -0.472 e. The van der Waals surface area contributed by atoms with Gasteiger partial charge >= 0.3 is 0 Å². The summed E-state index contributed by atoms with van der Waals surface area (Å²) in [5, 5.41) is 0. The molecule has 1 aliphatic heterocycles. The zero-order chi connectivity index (χ0) is 16.4. The normalized spacial score (nSPS) is 21.5. The average molecular weight is 330 g/mol. The van der Waals surface area contributed by atoms with Crippen LogP contribution in [0.5, 0.6) is 0 Å². The van der Waals surface area contributed by atoms with E-state index in [4.69, 9.17) is 18.6 Å². The highest BCUT2D eigenvalue weighted by Crippen LogP contribution is 2.29. The third-order valence-corrected chi connectivity index (χ3v) is 5.26. The summed E-state index contributed by atoms with van der Waals surface area (Å²) in [7, 11) is 0. The van der Waals surface area contributed by atoms with Gasteiger partial charge in [0, 0.05) is 26.2 Å². The Morgan fingerprint density at radius 2 is 2.12 bits per heavy atom. The van der Waals surface area contributed by atoms with Gasteiger partial charge in [0.1, 0.15) is 12.0 Å². The zero-order valence-corrected chi connectivity index (χ0v) is 14.4. The minimum atomic E-state index is 0.380. The molecule has 1 aliphatic carbocycles. The number of aromatic nitrogens is 1. The van der Waals surface area contributed by atoms with Crippen LogP contribution in [0, 0.1) is 12.8 Å². The van der Waals surface area contributed by atoms with Crippen molar-refractivity contribution in [3.8, 4) is 11.5 Å². The van der Waals surface area contributed by atoms with Crippen molar-refractivity contribution in [2.75, 3.05) is 19.7 Å². The molecule has 0 N–H and O–H groups in total. The Kier molecular flexibility index (Phi) is 4.72. The third kappa shape index (κ3) is 3.57. The molecule has 5 nitrogen and oxygen atoms in total. The van der Waals surface area contributed by atoms with Crippen molar-refractivity contribution in [2.45, 2.75) is 51.7 Å². The minimum absolute atomic E-state index is 0.380. The summed E-state index contributed by atoms with van der Waals surface area (Å²) in [5.74, 6) is 2.39.